The van der Waals surface area contributed by atoms with E-state index in [0.29, 0.717) is 27.8 Å². The first-order valence-electron chi connectivity index (χ1n) is 6.13. The van der Waals surface area contributed by atoms with E-state index in [-0.39, 0.29) is 4.99 Å². The summed E-state index contributed by atoms with van der Waals surface area (Å²) in [4.78, 5) is 0.288. The van der Waals surface area contributed by atoms with Gasteiger partial charge in [0.2, 0.25) is 0 Å². The molecular formula is C15H15ClN2O2S. The van der Waals surface area contributed by atoms with Gasteiger partial charge in [-0.05, 0) is 30.3 Å². The van der Waals surface area contributed by atoms with Gasteiger partial charge in [-0.3, -0.25) is 0 Å². The zero-order valence-corrected chi connectivity index (χ0v) is 13.2. The molecule has 0 saturated carbocycles. The molecular weight excluding hydrogens is 308 g/mol. The molecule has 0 aliphatic rings. The molecule has 0 amide bonds. The lowest BCUT2D eigenvalue weighted by molar-refractivity contribution is 0.405. The van der Waals surface area contributed by atoms with Crippen molar-refractivity contribution in [2.24, 2.45) is 5.73 Å². The highest BCUT2D eigenvalue weighted by atomic mass is 35.5. The van der Waals surface area contributed by atoms with E-state index in [1.165, 1.54) is 0 Å². The SMILES string of the molecule is COc1ccc(OC)c(Nc2cc(Cl)ccc2C(N)=S)c1. The Morgan fingerprint density at radius 1 is 1.10 bits per heavy atom. The van der Waals surface area contributed by atoms with Gasteiger partial charge in [0, 0.05) is 16.7 Å². The largest absolute Gasteiger partial charge is 0.497 e. The predicted molar refractivity (Wildman–Crippen MR) is 90.2 cm³/mol. The van der Waals surface area contributed by atoms with E-state index in [4.69, 9.17) is 39.0 Å². The first-order chi connectivity index (χ1) is 10.0. The van der Waals surface area contributed by atoms with Crippen LogP contribution in [0, 0.1) is 0 Å². The Bertz CT molecular complexity index is 677. The number of thiocarbonyl (C=S) groups is 1. The molecule has 0 aliphatic carbocycles. The lowest BCUT2D eigenvalue weighted by Gasteiger charge is -2.15. The summed E-state index contributed by atoms with van der Waals surface area (Å²) in [6, 6.07) is 10.7. The van der Waals surface area contributed by atoms with Crippen molar-refractivity contribution >= 4 is 40.2 Å². The standard InChI is InChI=1S/C15H15ClN2O2S/c1-19-10-4-6-14(20-2)13(8-10)18-12-7-9(16)3-5-11(12)15(17)21/h3-8,18H,1-2H3,(H2,17,21). The fourth-order valence-electron chi connectivity index (χ4n) is 1.89. The van der Waals surface area contributed by atoms with Gasteiger partial charge in [0.05, 0.1) is 25.6 Å². The third-order valence-electron chi connectivity index (χ3n) is 2.92. The first-order valence-corrected chi connectivity index (χ1v) is 6.92. The summed E-state index contributed by atoms with van der Waals surface area (Å²) in [6.07, 6.45) is 0. The number of methoxy groups -OCH3 is 2. The van der Waals surface area contributed by atoms with Gasteiger partial charge in [0.1, 0.15) is 16.5 Å². The minimum atomic E-state index is 0.288. The van der Waals surface area contributed by atoms with E-state index in [1.54, 1.807) is 32.4 Å². The maximum absolute atomic E-state index is 6.04. The minimum Gasteiger partial charge on any atom is -0.497 e. The van der Waals surface area contributed by atoms with Crippen molar-refractivity contribution in [1.29, 1.82) is 0 Å². The summed E-state index contributed by atoms with van der Waals surface area (Å²) >= 11 is 11.1. The van der Waals surface area contributed by atoms with E-state index in [0.717, 1.165) is 5.69 Å². The summed E-state index contributed by atoms with van der Waals surface area (Å²) < 4.78 is 10.6. The number of hydrogen-bond donors (Lipinski definition) is 2. The maximum Gasteiger partial charge on any atom is 0.142 e. The Morgan fingerprint density at radius 3 is 2.48 bits per heavy atom. The molecule has 2 rings (SSSR count). The molecule has 0 bridgehead atoms. The number of nitrogens with two attached hydrogens (primary N) is 1. The van der Waals surface area contributed by atoms with E-state index in [2.05, 4.69) is 5.32 Å². The molecule has 4 nitrogen and oxygen atoms in total. The Labute approximate surface area is 133 Å². The van der Waals surface area contributed by atoms with Crippen LogP contribution in [0.4, 0.5) is 11.4 Å². The van der Waals surface area contributed by atoms with Crippen LogP contribution in [-0.4, -0.2) is 19.2 Å². The number of hydrogen-bond acceptors (Lipinski definition) is 4. The van der Waals surface area contributed by atoms with Gasteiger partial charge in [-0.1, -0.05) is 23.8 Å². The van der Waals surface area contributed by atoms with Crippen LogP contribution in [0.15, 0.2) is 36.4 Å². The molecule has 0 atom stereocenters. The van der Waals surface area contributed by atoms with Crippen LogP contribution in [-0.2, 0) is 0 Å². The van der Waals surface area contributed by atoms with Crippen LogP contribution in [0.1, 0.15) is 5.56 Å². The highest BCUT2D eigenvalue weighted by molar-refractivity contribution is 7.80. The molecule has 0 fully saturated rings. The van der Waals surface area contributed by atoms with Crippen LogP contribution >= 0.6 is 23.8 Å². The molecule has 0 saturated heterocycles. The van der Waals surface area contributed by atoms with Crippen molar-refractivity contribution < 1.29 is 9.47 Å². The van der Waals surface area contributed by atoms with Crippen molar-refractivity contribution in [1.82, 2.24) is 0 Å². The molecule has 0 spiro atoms. The summed E-state index contributed by atoms with van der Waals surface area (Å²) in [5, 5.41) is 3.81. The van der Waals surface area contributed by atoms with E-state index < -0.39 is 0 Å². The van der Waals surface area contributed by atoms with E-state index >= 15 is 0 Å². The molecule has 3 N–H and O–H groups in total. The lowest BCUT2D eigenvalue weighted by Crippen LogP contribution is -2.12. The fourth-order valence-corrected chi connectivity index (χ4v) is 2.24. The normalized spacial score (nSPS) is 10.0. The van der Waals surface area contributed by atoms with Gasteiger partial charge in [0.25, 0.3) is 0 Å². The average Bonchev–Trinajstić information content (AvgIpc) is 2.47. The van der Waals surface area contributed by atoms with Gasteiger partial charge in [-0.2, -0.15) is 0 Å². The van der Waals surface area contributed by atoms with Gasteiger partial charge < -0.3 is 20.5 Å². The molecule has 0 aromatic heterocycles. The highest BCUT2D eigenvalue weighted by Gasteiger charge is 2.10. The zero-order valence-electron chi connectivity index (χ0n) is 11.6. The summed E-state index contributed by atoms with van der Waals surface area (Å²) in [5.41, 5.74) is 7.89. The Kier molecular flexibility index (Phi) is 4.88. The van der Waals surface area contributed by atoms with E-state index in [9.17, 15) is 0 Å². The number of rotatable bonds is 5. The molecule has 0 unspecified atom stereocenters. The van der Waals surface area contributed by atoms with Gasteiger partial charge in [0.15, 0.2) is 0 Å². The van der Waals surface area contributed by atoms with Crippen LogP contribution in [0.2, 0.25) is 5.02 Å². The van der Waals surface area contributed by atoms with Crippen molar-refractivity contribution in [2.75, 3.05) is 19.5 Å². The Hall–Kier alpha value is -1.98. The maximum atomic E-state index is 6.04. The number of ether oxygens (including phenoxy) is 2. The second-order valence-corrected chi connectivity index (χ2v) is 5.12. The number of benzene rings is 2. The van der Waals surface area contributed by atoms with Crippen LogP contribution in [0.25, 0.3) is 0 Å². The van der Waals surface area contributed by atoms with Gasteiger partial charge >= 0.3 is 0 Å². The number of halogens is 1. The summed E-state index contributed by atoms with van der Waals surface area (Å²) in [5.74, 6) is 1.38. The predicted octanol–water partition coefficient (Wildman–Crippen LogP) is 3.74. The van der Waals surface area contributed by atoms with Crippen molar-refractivity contribution in [3.8, 4) is 11.5 Å². The molecule has 2 aromatic rings. The van der Waals surface area contributed by atoms with Crippen LogP contribution < -0.4 is 20.5 Å². The van der Waals surface area contributed by atoms with Crippen molar-refractivity contribution in [2.45, 2.75) is 0 Å². The lowest BCUT2D eigenvalue weighted by atomic mass is 10.1. The quantitative estimate of drug-likeness (QED) is 0.821. The number of anilines is 2. The third-order valence-corrected chi connectivity index (χ3v) is 3.38. The second kappa shape index (κ2) is 6.65. The first kappa shape index (κ1) is 15.4. The molecule has 2 aromatic carbocycles. The molecule has 0 radical (unpaired) electrons. The third kappa shape index (κ3) is 3.56. The zero-order chi connectivity index (χ0) is 15.4. The molecule has 0 aliphatic heterocycles. The summed E-state index contributed by atoms with van der Waals surface area (Å²) in [7, 11) is 3.20. The van der Waals surface area contributed by atoms with Crippen LogP contribution in [0.3, 0.4) is 0 Å². The fraction of sp³-hybridized carbons (Fsp3) is 0.133. The number of nitrogens with one attached hydrogen (secondary N) is 1. The molecule has 6 heteroatoms. The average molecular weight is 323 g/mol. The van der Waals surface area contributed by atoms with Gasteiger partial charge in [-0.25, -0.2) is 0 Å². The summed E-state index contributed by atoms with van der Waals surface area (Å²) in [6.45, 7) is 0. The van der Waals surface area contributed by atoms with E-state index in [1.807, 2.05) is 18.2 Å². The molecule has 21 heavy (non-hydrogen) atoms. The minimum absolute atomic E-state index is 0.288. The Balaban J connectivity index is 2.46. The molecule has 110 valence electrons. The second-order valence-electron chi connectivity index (χ2n) is 4.25. The van der Waals surface area contributed by atoms with Crippen LogP contribution in [0.5, 0.6) is 11.5 Å². The Morgan fingerprint density at radius 2 is 1.86 bits per heavy atom. The molecule has 0 heterocycles. The van der Waals surface area contributed by atoms with Crippen molar-refractivity contribution in [3.63, 3.8) is 0 Å². The topological polar surface area (TPSA) is 56.5 Å². The van der Waals surface area contributed by atoms with Crippen molar-refractivity contribution in [3.05, 3.63) is 47.0 Å². The monoisotopic (exact) mass is 322 g/mol. The highest BCUT2D eigenvalue weighted by Crippen LogP contribution is 2.33. The van der Waals surface area contributed by atoms with Gasteiger partial charge in [-0.15, -0.1) is 0 Å². The smallest absolute Gasteiger partial charge is 0.142 e.